The quantitative estimate of drug-likeness (QED) is 0.627. The van der Waals surface area contributed by atoms with Crippen LogP contribution in [0.15, 0.2) is 35.5 Å². The third kappa shape index (κ3) is 1.18. The predicted octanol–water partition coefficient (Wildman–Crippen LogP) is 1.32. The van der Waals surface area contributed by atoms with Gasteiger partial charge in [-0.15, -0.1) is 0 Å². The lowest BCUT2D eigenvalue weighted by Gasteiger charge is -2.36. The molecule has 2 aliphatic rings. The first-order valence-electron chi connectivity index (χ1n) is 5.40. The van der Waals surface area contributed by atoms with Crippen LogP contribution in [0.25, 0.3) is 0 Å². The van der Waals surface area contributed by atoms with E-state index in [2.05, 4.69) is 9.98 Å². The monoisotopic (exact) mass is 226 g/mol. The third-order valence-corrected chi connectivity index (χ3v) is 3.38. The molecule has 17 heavy (non-hydrogen) atoms. The van der Waals surface area contributed by atoms with Crippen LogP contribution >= 0.6 is 0 Å². The van der Waals surface area contributed by atoms with Crippen molar-refractivity contribution in [1.82, 2.24) is 4.98 Å². The number of fused-ring (bicyclic) bond motifs is 3. The van der Waals surface area contributed by atoms with E-state index in [1.165, 1.54) is 0 Å². The Morgan fingerprint density at radius 3 is 3.00 bits per heavy atom. The maximum atomic E-state index is 12.0. The summed E-state index contributed by atoms with van der Waals surface area (Å²) in [5.74, 6) is -1.39. The van der Waals surface area contributed by atoms with Crippen molar-refractivity contribution in [2.24, 2.45) is 10.9 Å². The molecule has 1 aliphatic carbocycles. The average molecular weight is 226 g/mol. The number of ketones is 2. The summed E-state index contributed by atoms with van der Waals surface area (Å²) in [4.78, 5) is 32.6. The van der Waals surface area contributed by atoms with Crippen LogP contribution in [0.5, 0.6) is 0 Å². The fourth-order valence-electron chi connectivity index (χ4n) is 2.44. The summed E-state index contributed by atoms with van der Waals surface area (Å²) in [5, 5.41) is 0. The molecule has 2 heterocycles. The average Bonchev–Trinajstić information content (AvgIpc) is 2.36. The molecule has 0 aromatic carbocycles. The van der Waals surface area contributed by atoms with Crippen LogP contribution in [0.4, 0.5) is 0 Å². The minimum Gasteiger partial charge on any atom is -0.290 e. The van der Waals surface area contributed by atoms with Gasteiger partial charge >= 0.3 is 0 Å². The molecular formula is C13H10N2O2. The number of pyridine rings is 1. The van der Waals surface area contributed by atoms with E-state index < -0.39 is 23.0 Å². The number of carbonyl (C=O) groups excluding carboxylic acids is 2. The Bertz CT molecular complexity index is 589. The molecule has 2 atom stereocenters. The van der Waals surface area contributed by atoms with Gasteiger partial charge in [-0.3, -0.25) is 19.6 Å². The first-order valence-corrected chi connectivity index (χ1v) is 5.40. The summed E-state index contributed by atoms with van der Waals surface area (Å²) in [6.45, 7) is 1.84. The van der Waals surface area contributed by atoms with E-state index in [0.29, 0.717) is 11.3 Å². The molecule has 0 N–H and O–H groups in total. The molecular weight excluding hydrogens is 216 g/mol. The standard InChI is InChI=1S/C13H10N2O2/c1-13-9(5-3-7-15-13)11(17)10(16)8-4-2-6-14-12(8)13/h2-7,9H,1H3. The fourth-order valence-corrected chi connectivity index (χ4v) is 2.44. The topological polar surface area (TPSA) is 59.4 Å². The number of nitrogens with zero attached hydrogens (tertiary/aromatic N) is 2. The molecule has 1 aromatic rings. The minimum atomic E-state index is -0.740. The van der Waals surface area contributed by atoms with Gasteiger partial charge in [0, 0.05) is 18.0 Å². The SMILES string of the molecule is CC12N=CC=CC1C(=O)C(=O)c1cccnc12. The van der Waals surface area contributed by atoms with Crippen molar-refractivity contribution in [2.75, 3.05) is 0 Å². The third-order valence-electron chi connectivity index (χ3n) is 3.38. The van der Waals surface area contributed by atoms with Crippen LogP contribution in [0, 0.1) is 5.92 Å². The first kappa shape index (κ1) is 10.1. The van der Waals surface area contributed by atoms with Crippen molar-refractivity contribution in [3.8, 4) is 0 Å². The summed E-state index contributed by atoms with van der Waals surface area (Å²) in [5.41, 5.74) is 0.231. The molecule has 0 saturated heterocycles. The van der Waals surface area contributed by atoms with Crippen LogP contribution in [0.3, 0.4) is 0 Å². The Morgan fingerprint density at radius 1 is 1.35 bits per heavy atom. The molecule has 1 aromatic heterocycles. The molecule has 0 fully saturated rings. The van der Waals surface area contributed by atoms with Gasteiger partial charge in [-0.05, 0) is 25.1 Å². The molecule has 0 radical (unpaired) electrons. The van der Waals surface area contributed by atoms with Crippen molar-refractivity contribution in [3.05, 3.63) is 41.7 Å². The van der Waals surface area contributed by atoms with Crippen LogP contribution in [-0.4, -0.2) is 22.8 Å². The maximum absolute atomic E-state index is 12.0. The van der Waals surface area contributed by atoms with Crippen molar-refractivity contribution >= 4 is 17.8 Å². The van der Waals surface area contributed by atoms with Gasteiger partial charge < -0.3 is 0 Å². The highest BCUT2D eigenvalue weighted by Crippen LogP contribution is 2.41. The lowest BCUT2D eigenvalue weighted by Crippen LogP contribution is -2.45. The summed E-state index contributed by atoms with van der Waals surface area (Å²) in [6.07, 6.45) is 6.70. The zero-order valence-electron chi connectivity index (χ0n) is 9.25. The van der Waals surface area contributed by atoms with Gasteiger partial charge in [-0.25, -0.2) is 0 Å². The second kappa shape index (κ2) is 3.20. The van der Waals surface area contributed by atoms with Crippen molar-refractivity contribution in [2.45, 2.75) is 12.5 Å². The second-order valence-corrected chi connectivity index (χ2v) is 4.38. The predicted molar refractivity (Wildman–Crippen MR) is 62.0 cm³/mol. The highest BCUT2D eigenvalue weighted by Gasteiger charge is 2.49. The van der Waals surface area contributed by atoms with E-state index in [-0.39, 0.29) is 0 Å². The molecule has 84 valence electrons. The van der Waals surface area contributed by atoms with E-state index in [9.17, 15) is 9.59 Å². The fraction of sp³-hybridized carbons (Fsp3) is 0.231. The van der Waals surface area contributed by atoms with Gasteiger partial charge in [0.25, 0.3) is 0 Å². The molecule has 0 saturated carbocycles. The number of carbonyl (C=O) groups is 2. The number of aliphatic imine (C=N–C) groups is 1. The Labute approximate surface area is 98.1 Å². The van der Waals surface area contributed by atoms with Crippen LogP contribution in [0.2, 0.25) is 0 Å². The van der Waals surface area contributed by atoms with Crippen molar-refractivity contribution < 1.29 is 9.59 Å². The second-order valence-electron chi connectivity index (χ2n) is 4.38. The Morgan fingerprint density at radius 2 is 2.18 bits per heavy atom. The Kier molecular flexibility index (Phi) is 1.90. The van der Waals surface area contributed by atoms with E-state index in [1.807, 2.05) is 6.92 Å². The summed E-state index contributed by atoms with van der Waals surface area (Å²) >= 11 is 0. The van der Waals surface area contributed by atoms with Crippen LogP contribution in [-0.2, 0) is 10.3 Å². The maximum Gasteiger partial charge on any atom is 0.231 e. The normalized spacial score (nSPS) is 30.1. The number of dihydropyridines is 1. The zero-order valence-corrected chi connectivity index (χ0v) is 9.25. The van der Waals surface area contributed by atoms with Gasteiger partial charge in [0.05, 0.1) is 11.6 Å². The summed E-state index contributed by atoms with van der Waals surface area (Å²) < 4.78 is 0. The number of aromatic nitrogens is 1. The minimum absolute atomic E-state index is 0.378. The van der Waals surface area contributed by atoms with E-state index in [0.717, 1.165) is 0 Å². The highest BCUT2D eigenvalue weighted by atomic mass is 16.2. The zero-order chi connectivity index (χ0) is 12.0. The van der Waals surface area contributed by atoms with Crippen molar-refractivity contribution in [3.63, 3.8) is 0 Å². The molecule has 4 heteroatoms. The van der Waals surface area contributed by atoms with Gasteiger partial charge in [-0.1, -0.05) is 6.08 Å². The highest BCUT2D eigenvalue weighted by molar-refractivity contribution is 6.46. The lowest BCUT2D eigenvalue weighted by atomic mass is 9.71. The van der Waals surface area contributed by atoms with Gasteiger partial charge in [-0.2, -0.15) is 0 Å². The van der Waals surface area contributed by atoms with Gasteiger partial charge in [0.2, 0.25) is 11.6 Å². The van der Waals surface area contributed by atoms with E-state index in [4.69, 9.17) is 0 Å². The van der Waals surface area contributed by atoms with Gasteiger partial charge in [0.1, 0.15) is 5.54 Å². The Hall–Kier alpha value is -2.10. The Balaban J connectivity index is 2.32. The molecule has 1 aliphatic heterocycles. The first-order chi connectivity index (χ1) is 8.14. The summed E-state index contributed by atoms with van der Waals surface area (Å²) in [6, 6.07) is 3.30. The number of hydrogen-bond donors (Lipinski definition) is 0. The number of rotatable bonds is 0. The van der Waals surface area contributed by atoms with Crippen LogP contribution < -0.4 is 0 Å². The van der Waals surface area contributed by atoms with Gasteiger partial charge in [0.15, 0.2) is 0 Å². The molecule has 4 nitrogen and oxygen atoms in total. The molecule has 3 rings (SSSR count). The molecule has 0 bridgehead atoms. The smallest absolute Gasteiger partial charge is 0.231 e. The lowest BCUT2D eigenvalue weighted by molar-refractivity contribution is -0.119. The number of Topliss-reactive ketones (excluding diaryl/α,β-unsaturated/α-hetero) is 2. The van der Waals surface area contributed by atoms with Crippen LogP contribution in [0.1, 0.15) is 23.0 Å². The number of hydrogen-bond acceptors (Lipinski definition) is 4. The number of allylic oxidation sites excluding steroid dienone is 1. The summed E-state index contributed by atoms with van der Waals surface area (Å²) in [7, 11) is 0. The largest absolute Gasteiger partial charge is 0.290 e. The van der Waals surface area contributed by atoms with E-state index in [1.54, 1.807) is 36.7 Å². The molecule has 0 amide bonds. The van der Waals surface area contributed by atoms with E-state index >= 15 is 0 Å². The molecule has 0 spiro atoms. The molecule has 2 unspecified atom stereocenters. The van der Waals surface area contributed by atoms with Crippen molar-refractivity contribution in [1.29, 1.82) is 0 Å².